The number of benzene rings is 1. The maximum absolute atomic E-state index is 12.5. The van der Waals surface area contributed by atoms with Gasteiger partial charge < -0.3 is 30.4 Å². The molecule has 200 valence electrons. The normalized spacial score (nSPS) is 14.2. The number of carboxylic acid groups (broad SMARTS) is 2. The van der Waals surface area contributed by atoms with E-state index in [-0.39, 0.29) is 12.1 Å². The standard InChI is InChI=1S/C27H25N5O7/c33-22(34)14-32-23-20-11-19(7-3-16(20)4-8-21(23)30-24(35)25(32)36)31-10-9-15(13-31)12-28-27(39)29-18-5-1-17(2-6-18)26(37)38/h1-2,5-6,9-11,13H,3-4,7-8,12,14H2,(H,30,35)(H,33,34)(H,37,38)(H2,28,29,39). The number of anilines is 1. The summed E-state index contributed by atoms with van der Waals surface area (Å²) in [6.07, 6.45) is 8.36. The summed E-state index contributed by atoms with van der Waals surface area (Å²) in [5, 5.41) is 23.7. The second-order valence-corrected chi connectivity index (χ2v) is 9.34. The van der Waals surface area contributed by atoms with Crippen LogP contribution in [0.5, 0.6) is 0 Å². The van der Waals surface area contributed by atoms with Crippen LogP contribution in [0, 0.1) is 0 Å². The van der Waals surface area contributed by atoms with Gasteiger partial charge in [0, 0.05) is 41.6 Å². The number of aryl methyl sites for hydroxylation is 1. The summed E-state index contributed by atoms with van der Waals surface area (Å²) in [6.45, 7) is -0.356. The van der Waals surface area contributed by atoms with Gasteiger partial charge >= 0.3 is 29.1 Å². The van der Waals surface area contributed by atoms with E-state index in [1.165, 1.54) is 24.3 Å². The molecule has 0 saturated heterocycles. The zero-order chi connectivity index (χ0) is 27.7. The molecule has 0 unspecified atom stereocenters. The van der Waals surface area contributed by atoms with Crippen molar-refractivity contribution in [2.24, 2.45) is 0 Å². The first-order valence-corrected chi connectivity index (χ1v) is 12.3. The number of urea groups is 1. The zero-order valence-corrected chi connectivity index (χ0v) is 20.7. The highest BCUT2D eigenvalue weighted by Crippen LogP contribution is 2.39. The Kier molecular flexibility index (Phi) is 6.75. The molecule has 5 N–H and O–H groups in total. The number of carboxylic acids is 2. The number of aromatic amines is 1. The van der Waals surface area contributed by atoms with Gasteiger partial charge in [-0.3, -0.25) is 19.0 Å². The number of nitrogens with zero attached hydrogens (tertiary/aromatic N) is 2. The number of carbonyl (C=O) groups excluding carboxylic acids is 1. The molecule has 5 rings (SSSR count). The van der Waals surface area contributed by atoms with E-state index in [1.54, 1.807) is 0 Å². The fourth-order valence-electron chi connectivity index (χ4n) is 4.92. The van der Waals surface area contributed by atoms with E-state index in [4.69, 9.17) is 5.11 Å². The highest BCUT2D eigenvalue weighted by Gasteiger charge is 2.27. The first-order chi connectivity index (χ1) is 18.7. The summed E-state index contributed by atoms with van der Waals surface area (Å²) in [4.78, 5) is 62.0. The molecule has 3 aromatic rings. The molecule has 2 aliphatic carbocycles. The number of amides is 2. The predicted octanol–water partition coefficient (Wildman–Crippen LogP) is 2.48. The van der Waals surface area contributed by atoms with Crippen molar-refractivity contribution in [2.75, 3.05) is 5.32 Å². The molecular weight excluding hydrogens is 506 g/mol. The van der Waals surface area contributed by atoms with Crippen LogP contribution in [-0.4, -0.2) is 42.3 Å². The van der Waals surface area contributed by atoms with Gasteiger partial charge in [-0.1, -0.05) is 5.57 Å². The first-order valence-electron chi connectivity index (χ1n) is 12.3. The molecule has 0 spiro atoms. The Labute approximate surface area is 220 Å². The highest BCUT2D eigenvalue weighted by molar-refractivity contribution is 5.91. The molecule has 2 aromatic heterocycles. The van der Waals surface area contributed by atoms with Crippen molar-refractivity contribution in [3.63, 3.8) is 0 Å². The minimum Gasteiger partial charge on any atom is -0.480 e. The van der Waals surface area contributed by atoms with Gasteiger partial charge in [0.25, 0.3) is 0 Å². The van der Waals surface area contributed by atoms with Crippen LogP contribution in [0.2, 0.25) is 0 Å². The van der Waals surface area contributed by atoms with E-state index in [9.17, 15) is 29.1 Å². The average Bonchev–Trinajstić information content (AvgIpc) is 3.39. The van der Waals surface area contributed by atoms with Crippen LogP contribution in [0.4, 0.5) is 10.5 Å². The molecule has 12 nitrogen and oxygen atoms in total. The quantitative estimate of drug-likeness (QED) is 0.291. The van der Waals surface area contributed by atoms with Crippen molar-refractivity contribution >= 4 is 34.9 Å². The van der Waals surface area contributed by atoms with Crippen molar-refractivity contribution in [3.05, 3.63) is 97.6 Å². The van der Waals surface area contributed by atoms with Gasteiger partial charge in [-0.05, 0) is 67.7 Å². The molecule has 0 aliphatic heterocycles. The second-order valence-electron chi connectivity index (χ2n) is 9.34. The number of hydrogen-bond donors (Lipinski definition) is 5. The molecule has 2 heterocycles. The number of aliphatic carboxylic acids is 1. The first kappa shape index (κ1) is 25.5. The molecule has 0 saturated carbocycles. The lowest BCUT2D eigenvalue weighted by Gasteiger charge is -2.28. The monoisotopic (exact) mass is 531 g/mol. The lowest BCUT2D eigenvalue weighted by molar-refractivity contribution is -0.137. The van der Waals surface area contributed by atoms with E-state index < -0.39 is 35.6 Å². The Bertz CT molecular complexity index is 1670. The van der Waals surface area contributed by atoms with Gasteiger partial charge in [0.05, 0.1) is 11.3 Å². The topological polar surface area (TPSA) is 176 Å². The van der Waals surface area contributed by atoms with E-state index >= 15 is 0 Å². The fraction of sp³-hybridized carbons (Fsp3) is 0.222. The second kappa shape index (κ2) is 10.3. The van der Waals surface area contributed by atoms with Gasteiger partial charge in [0.1, 0.15) is 6.54 Å². The van der Waals surface area contributed by atoms with Gasteiger partial charge in [-0.25, -0.2) is 9.59 Å². The number of rotatable bonds is 7. The molecular formula is C27H25N5O7. The third-order valence-electron chi connectivity index (χ3n) is 6.79. The zero-order valence-electron chi connectivity index (χ0n) is 20.7. The smallest absolute Gasteiger partial charge is 0.335 e. The van der Waals surface area contributed by atoms with Crippen LogP contribution < -0.4 is 21.8 Å². The summed E-state index contributed by atoms with van der Waals surface area (Å²) in [7, 11) is 0. The Morgan fingerprint density at radius 1 is 0.974 bits per heavy atom. The van der Waals surface area contributed by atoms with E-state index in [1.807, 2.05) is 29.1 Å². The van der Waals surface area contributed by atoms with Crippen molar-refractivity contribution in [3.8, 4) is 0 Å². The summed E-state index contributed by atoms with van der Waals surface area (Å²) >= 11 is 0. The number of aromatic nitrogens is 3. The van der Waals surface area contributed by atoms with E-state index in [0.717, 1.165) is 39.8 Å². The average molecular weight is 532 g/mol. The van der Waals surface area contributed by atoms with Gasteiger partial charge in [-0.15, -0.1) is 0 Å². The Balaban J connectivity index is 1.32. The Morgan fingerprint density at radius 3 is 2.44 bits per heavy atom. The summed E-state index contributed by atoms with van der Waals surface area (Å²) < 4.78 is 2.96. The van der Waals surface area contributed by atoms with Crippen LogP contribution >= 0.6 is 0 Å². The summed E-state index contributed by atoms with van der Waals surface area (Å²) in [6, 6.07) is 7.24. The molecule has 2 aliphatic rings. The number of hydrogen-bond acceptors (Lipinski definition) is 5. The molecule has 0 fully saturated rings. The largest absolute Gasteiger partial charge is 0.480 e. The minimum atomic E-state index is -1.21. The molecule has 0 atom stereocenters. The maximum Gasteiger partial charge on any atom is 0.335 e. The van der Waals surface area contributed by atoms with Crippen molar-refractivity contribution in [1.29, 1.82) is 0 Å². The van der Waals surface area contributed by atoms with Crippen LogP contribution in [0.25, 0.3) is 11.3 Å². The summed E-state index contributed by atoms with van der Waals surface area (Å²) in [5.74, 6) is -2.25. The van der Waals surface area contributed by atoms with Crippen LogP contribution in [-0.2, 0) is 24.3 Å². The molecule has 0 radical (unpaired) electrons. The van der Waals surface area contributed by atoms with E-state index in [2.05, 4.69) is 15.6 Å². The van der Waals surface area contributed by atoms with E-state index in [0.29, 0.717) is 29.9 Å². The Hall–Kier alpha value is -5.13. The number of H-pyrrole nitrogens is 1. The Morgan fingerprint density at radius 2 is 1.72 bits per heavy atom. The molecule has 39 heavy (non-hydrogen) atoms. The molecule has 1 aromatic carbocycles. The minimum absolute atomic E-state index is 0.123. The molecule has 0 bridgehead atoms. The number of allylic oxidation sites excluding steroid dienone is 4. The number of fused-ring (bicyclic) bond motifs is 2. The number of aromatic carboxylic acids is 1. The number of carbonyl (C=O) groups is 3. The van der Waals surface area contributed by atoms with Gasteiger partial charge in [-0.2, -0.15) is 0 Å². The maximum atomic E-state index is 12.5. The van der Waals surface area contributed by atoms with Crippen LogP contribution in [0.15, 0.2) is 64.0 Å². The van der Waals surface area contributed by atoms with Crippen LogP contribution in [0.3, 0.4) is 0 Å². The molecule has 12 heteroatoms. The lowest BCUT2D eigenvalue weighted by atomic mass is 9.84. The predicted molar refractivity (Wildman–Crippen MR) is 141 cm³/mol. The molecule has 2 amide bonds. The fourth-order valence-corrected chi connectivity index (χ4v) is 4.92. The number of nitrogens with one attached hydrogen (secondary N) is 3. The van der Waals surface area contributed by atoms with Crippen molar-refractivity contribution in [1.82, 2.24) is 19.4 Å². The highest BCUT2D eigenvalue weighted by atomic mass is 16.4. The van der Waals surface area contributed by atoms with Gasteiger partial charge in [0.15, 0.2) is 0 Å². The van der Waals surface area contributed by atoms with Gasteiger partial charge in [0.2, 0.25) is 0 Å². The third kappa shape index (κ3) is 5.30. The third-order valence-corrected chi connectivity index (χ3v) is 6.79. The SMILES string of the molecule is O=C(O)Cn1c2c([nH]c(=O)c1=O)CCC1=C2C=C(n2ccc(CNC(=O)Nc3ccc(C(=O)O)cc3)c2)CC1. The van der Waals surface area contributed by atoms with Crippen LogP contribution in [0.1, 0.15) is 46.6 Å². The van der Waals surface area contributed by atoms with Crippen molar-refractivity contribution in [2.45, 2.75) is 38.8 Å². The summed E-state index contributed by atoms with van der Waals surface area (Å²) in [5.41, 5.74) is 3.49. The lowest BCUT2D eigenvalue weighted by Crippen LogP contribution is -2.41. The van der Waals surface area contributed by atoms with Crippen molar-refractivity contribution < 1.29 is 24.6 Å².